The second kappa shape index (κ2) is 8.06. The highest BCUT2D eigenvalue weighted by Crippen LogP contribution is 2.21. The maximum Gasteiger partial charge on any atom is 0.234 e. The number of aromatic nitrogens is 5. The molecule has 0 spiro atoms. The van der Waals surface area contributed by atoms with Gasteiger partial charge in [-0.3, -0.25) is 14.1 Å². The van der Waals surface area contributed by atoms with Crippen molar-refractivity contribution in [3.05, 3.63) is 60.8 Å². The SMILES string of the molecule is N#Cc1ccc2c(ccn2-c2ncc(-c3cnn(CCN4CCOCC4)c3)cn2)c1. The van der Waals surface area contributed by atoms with Gasteiger partial charge in [0.2, 0.25) is 5.95 Å². The summed E-state index contributed by atoms with van der Waals surface area (Å²) in [5.41, 5.74) is 3.54. The van der Waals surface area contributed by atoms with Gasteiger partial charge in [-0.25, -0.2) is 9.97 Å². The van der Waals surface area contributed by atoms with Crippen LogP contribution in [-0.2, 0) is 11.3 Å². The molecule has 1 saturated heterocycles. The Labute approximate surface area is 174 Å². The molecule has 1 aliphatic heterocycles. The molecule has 0 bridgehead atoms. The van der Waals surface area contributed by atoms with Gasteiger partial charge in [0, 0.05) is 60.9 Å². The first-order valence-corrected chi connectivity index (χ1v) is 9.97. The van der Waals surface area contributed by atoms with E-state index in [9.17, 15) is 0 Å². The molecule has 0 saturated carbocycles. The molecule has 3 aromatic heterocycles. The van der Waals surface area contributed by atoms with Crippen molar-refractivity contribution in [2.75, 3.05) is 32.8 Å². The number of nitriles is 1. The minimum Gasteiger partial charge on any atom is -0.379 e. The number of hydrogen-bond acceptors (Lipinski definition) is 6. The fourth-order valence-corrected chi connectivity index (χ4v) is 3.68. The maximum absolute atomic E-state index is 9.07. The molecule has 1 aromatic carbocycles. The first kappa shape index (κ1) is 18.5. The fourth-order valence-electron chi connectivity index (χ4n) is 3.68. The van der Waals surface area contributed by atoms with Gasteiger partial charge in [-0.05, 0) is 24.3 Å². The van der Waals surface area contributed by atoms with Crippen LogP contribution in [0.5, 0.6) is 0 Å². The number of fused-ring (bicyclic) bond motifs is 1. The largest absolute Gasteiger partial charge is 0.379 e. The monoisotopic (exact) mass is 399 g/mol. The molecule has 0 amide bonds. The third-order valence-corrected chi connectivity index (χ3v) is 5.39. The van der Waals surface area contributed by atoms with E-state index in [0.29, 0.717) is 11.5 Å². The van der Waals surface area contributed by atoms with Crippen LogP contribution in [0.2, 0.25) is 0 Å². The predicted octanol–water partition coefficient (Wildman–Crippen LogP) is 2.49. The van der Waals surface area contributed by atoms with Crippen LogP contribution in [0.25, 0.3) is 28.0 Å². The molecule has 5 rings (SSSR count). The Bertz CT molecular complexity index is 1200. The molecule has 0 aliphatic carbocycles. The van der Waals surface area contributed by atoms with Gasteiger partial charge in [-0.1, -0.05) is 0 Å². The molecule has 1 aliphatic rings. The molecule has 0 radical (unpaired) electrons. The van der Waals surface area contributed by atoms with Gasteiger partial charge in [-0.15, -0.1) is 0 Å². The third-order valence-electron chi connectivity index (χ3n) is 5.39. The zero-order valence-corrected chi connectivity index (χ0v) is 16.5. The molecular formula is C22H21N7O. The standard InChI is InChI=1S/C22H21N7O/c23-12-17-1-2-21-18(11-17)3-4-29(21)22-24-13-19(14-25-22)20-15-26-28(16-20)6-5-27-7-9-30-10-8-27/h1-4,11,13-16H,5-10H2. The molecule has 0 atom stereocenters. The zero-order valence-electron chi connectivity index (χ0n) is 16.5. The molecule has 4 heterocycles. The van der Waals surface area contributed by atoms with Gasteiger partial charge < -0.3 is 4.74 Å². The maximum atomic E-state index is 9.07. The molecule has 4 aromatic rings. The minimum atomic E-state index is 0.596. The van der Waals surface area contributed by atoms with Crippen LogP contribution in [0, 0.1) is 11.3 Å². The van der Waals surface area contributed by atoms with Gasteiger partial charge in [0.05, 0.1) is 43.1 Å². The molecule has 0 N–H and O–H groups in total. The van der Waals surface area contributed by atoms with Gasteiger partial charge in [0.25, 0.3) is 0 Å². The number of rotatable bonds is 5. The lowest BCUT2D eigenvalue weighted by Crippen LogP contribution is -2.38. The Morgan fingerprint density at radius 2 is 1.83 bits per heavy atom. The summed E-state index contributed by atoms with van der Waals surface area (Å²) < 4.78 is 9.28. The van der Waals surface area contributed by atoms with E-state index in [1.807, 2.05) is 58.4 Å². The summed E-state index contributed by atoms with van der Waals surface area (Å²) in [5, 5.41) is 14.5. The van der Waals surface area contributed by atoms with Gasteiger partial charge in [0.1, 0.15) is 0 Å². The quantitative estimate of drug-likeness (QED) is 0.513. The number of benzene rings is 1. The van der Waals surface area contributed by atoms with Crippen molar-refractivity contribution in [3.8, 4) is 23.1 Å². The summed E-state index contributed by atoms with van der Waals surface area (Å²) >= 11 is 0. The van der Waals surface area contributed by atoms with E-state index < -0.39 is 0 Å². The normalized spacial score (nSPS) is 14.8. The van der Waals surface area contributed by atoms with Crippen molar-refractivity contribution in [1.82, 2.24) is 29.2 Å². The van der Waals surface area contributed by atoms with Crippen molar-refractivity contribution >= 4 is 10.9 Å². The highest BCUT2D eigenvalue weighted by molar-refractivity contribution is 5.82. The van der Waals surface area contributed by atoms with E-state index in [-0.39, 0.29) is 0 Å². The number of nitrogens with zero attached hydrogens (tertiary/aromatic N) is 7. The Morgan fingerprint density at radius 3 is 2.63 bits per heavy atom. The van der Waals surface area contributed by atoms with Gasteiger partial charge in [-0.2, -0.15) is 10.4 Å². The topological polar surface area (TPSA) is 84.8 Å². The molecular weight excluding hydrogens is 378 g/mol. The van der Waals surface area contributed by atoms with Crippen LogP contribution in [0.3, 0.4) is 0 Å². The summed E-state index contributed by atoms with van der Waals surface area (Å²) in [6.45, 7) is 5.40. The zero-order chi connectivity index (χ0) is 20.3. The smallest absolute Gasteiger partial charge is 0.234 e. The highest BCUT2D eigenvalue weighted by atomic mass is 16.5. The lowest BCUT2D eigenvalue weighted by molar-refractivity contribution is 0.0360. The first-order chi connectivity index (χ1) is 14.8. The van der Waals surface area contributed by atoms with Crippen LogP contribution in [0.15, 0.2) is 55.2 Å². The van der Waals surface area contributed by atoms with E-state index in [1.54, 1.807) is 6.07 Å². The van der Waals surface area contributed by atoms with E-state index >= 15 is 0 Å². The van der Waals surface area contributed by atoms with Crippen molar-refractivity contribution in [1.29, 1.82) is 5.26 Å². The highest BCUT2D eigenvalue weighted by Gasteiger charge is 2.11. The summed E-state index contributed by atoms with van der Waals surface area (Å²) in [5.74, 6) is 0.596. The Hall–Kier alpha value is -3.54. The number of morpholine rings is 1. The van der Waals surface area contributed by atoms with E-state index in [4.69, 9.17) is 10.00 Å². The second-order valence-corrected chi connectivity index (χ2v) is 7.29. The summed E-state index contributed by atoms with van der Waals surface area (Å²) in [6, 6.07) is 9.72. The summed E-state index contributed by atoms with van der Waals surface area (Å²) in [7, 11) is 0. The Kier molecular flexibility index (Phi) is 4.97. The van der Waals surface area contributed by atoms with E-state index in [1.165, 1.54) is 0 Å². The molecule has 8 heteroatoms. The molecule has 30 heavy (non-hydrogen) atoms. The molecule has 0 unspecified atom stereocenters. The van der Waals surface area contributed by atoms with Gasteiger partial charge >= 0.3 is 0 Å². The molecule has 1 fully saturated rings. The summed E-state index contributed by atoms with van der Waals surface area (Å²) in [6.07, 6.45) is 9.45. The van der Waals surface area contributed by atoms with Crippen LogP contribution in [0.4, 0.5) is 0 Å². The molecule has 150 valence electrons. The van der Waals surface area contributed by atoms with E-state index in [2.05, 4.69) is 26.0 Å². The van der Waals surface area contributed by atoms with Crippen molar-refractivity contribution < 1.29 is 4.74 Å². The fraction of sp³-hybridized carbons (Fsp3) is 0.273. The second-order valence-electron chi connectivity index (χ2n) is 7.29. The van der Waals surface area contributed by atoms with Crippen LogP contribution < -0.4 is 0 Å². The van der Waals surface area contributed by atoms with Crippen LogP contribution in [-0.4, -0.2) is 62.1 Å². The van der Waals surface area contributed by atoms with Crippen LogP contribution in [0.1, 0.15) is 5.56 Å². The minimum absolute atomic E-state index is 0.596. The van der Waals surface area contributed by atoms with Crippen LogP contribution >= 0.6 is 0 Å². The Balaban J connectivity index is 1.31. The molecule has 8 nitrogen and oxygen atoms in total. The van der Waals surface area contributed by atoms with E-state index in [0.717, 1.165) is 61.4 Å². The number of ether oxygens (including phenoxy) is 1. The lowest BCUT2D eigenvalue weighted by Gasteiger charge is -2.26. The third kappa shape index (κ3) is 3.68. The average molecular weight is 399 g/mol. The first-order valence-electron chi connectivity index (χ1n) is 9.97. The van der Waals surface area contributed by atoms with Crippen molar-refractivity contribution in [3.63, 3.8) is 0 Å². The lowest BCUT2D eigenvalue weighted by atomic mass is 10.2. The average Bonchev–Trinajstić information content (AvgIpc) is 3.45. The Morgan fingerprint density at radius 1 is 1.00 bits per heavy atom. The predicted molar refractivity (Wildman–Crippen MR) is 112 cm³/mol. The number of hydrogen-bond donors (Lipinski definition) is 0. The van der Waals surface area contributed by atoms with Crippen molar-refractivity contribution in [2.24, 2.45) is 0 Å². The van der Waals surface area contributed by atoms with Crippen molar-refractivity contribution in [2.45, 2.75) is 6.54 Å². The summed E-state index contributed by atoms with van der Waals surface area (Å²) in [4.78, 5) is 11.5. The van der Waals surface area contributed by atoms with Gasteiger partial charge in [0.15, 0.2) is 0 Å².